The van der Waals surface area contributed by atoms with Gasteiger partial charge >= 0.3 is 12.2 Å². The number of carbonyl (C=O) groups is 4. The maximum Gasteiger partial charge on any atom is 0.410 e. The fourth-order valence-electron chi connectivity index (χ4n) is 7.22. The first-order valence-corrected chi connectivity index (χ1v) is 18.7. The lowest BCUT2D eigenvalue weighted by molar-refractivity contribution is -0.142. The second-order valence-corrected chi connectivity index (χ2v) is 17.1. The molecule has 6 atom stereocenters. The summed E-state index contributed by atoms with van der Waals surface area (Å²) in [7, 11) is -3.73. The molecule has 12 nitrogen and oxygen atoms in total. The summed E-state index contributed by atoms with van der Waals surface area (Å²) in [6, 6.07) is 4.01. The number of cyclic esters (lactones) is 1. The van der Waals surface area contributed by atoms with Crippen LogP contribution in [0.3, 0.4) is 0 Å². The van der Waals surface area contributed by atoms with Crippen LogP contribution in [0.2, 0.25) is 0 Å². The third-order valence-corrected chi connectivity index (χ3v) is 12.2. The van der Waals surface area contributed by atoms with Gasteiger partial charge in [-0.2, -0.15) is 0 Å². The van der Waals surface area contributed by atoms with Gasteiger partial charge in [0, 0.05) is 26.2 Å². The summed E-state index contributed by atoms with van der Waals surface area (Å²) in [5.41, 5.74) is 2.67. The van der Waals surface area contributed by atoms with E-state index in [0.717, 1.165) is 36.8 Å². The topological polar surface area (TPSA) is 155 Å². The molecule has 1 aromatic rings. The second kappa shape index (κ2) is 13.2. The van der Waals surface area contributed by atoms with Gasteiger partial charge < -0.3 is 29.9 Å². The van der Waals surface area contributed by atoms with E-state index < -0.39 is 60.3 Å². The van der Waals surface area contributed by atoms with Gasteiger partial charge in [0.25, 0.3) is 0 Å². The van der Waals surface area contributed by atoms with E-state index in [1.807, 2.05) is 19.1 Å². The number of rotatable bonds is 4. The van der Waals surface area contributed by atoms with Gasteiger partial charge in [0.15, 0.2) is 0 Å². The first kappa shape index (κ1) is 34.2. The largest absolute Gasteiger partial charge is 0.450 e. The van der Waals surface area contributed by atoms with Crippen molar-refractivity contribution in [2.24, 2.45) is 11.3 Å². The molecule has 2 fully saturated rings. The van der Waals surface area contributed by atoms with E-state index in [0.29, 0.717) is 32.4 Å². The highest BCUT2D eigenvalue weighted by atomic mass is 31.2. The molecule has 3 heterocycles. The van der Waals surface area contributed by atoms with E-state index in [1.54, 1.807) is 25.7 Å². The van der Waals surface area contributed by atoms with Crippen molar-refractivity contribution in [1.29, 1.82) is 0 Å². The van der Waals surface area contributed by atoms with Crippen LogP contribution in [0.5, 0.6) is 0 Å². The van der Waals surface area contributed by atoms with Crippen molar-refractivity contribution >= 4 is 31.4 Å². The molecule has 5 rings (SSSR count). The summed E-state index contributed by atoms with van der Waals surface area (Å²) in [6.45, 7) is 9.57. The van der Waals surface area contributed by atoms with Crippen molar-refractivity contribution in [3.05, 3.63) is 34.9 Å². The lowest BCUT2D eigenvalue weighted by Gasteiger charge is -2.35. The molecular formula is C33H49N4O8P. The number of nitrogens with zero attached hydrogens (tertiary/aromatic N) is 2. The zero-order valence-electron chi connectivity index (χ0n) is 27.7. The molecule has 0 aromatic heterocycles. The molecule has 46 heavy (non-hydrogen) atoms. The maximum atomic E-state index is 14.2. The van der Waals surface area contributed by atoms with E-state index in [4.69, 9.17) is 9.47 Å². The molecule has 4 amide bonds. The lowest BCUT2D eigenvalue weighted by atomic mass is 9.85. The Bertz CT molecular complexity index is 1410. The van der Waals surface area contributed by atoms with Crippen LogP contribution in [0.4, 0.5) is 9.59 Å². The molecule has 1 saturated heterocycles. The van der Waals surface area contributed by atoms with Crippen molar-refractivity contribution in [2.75, 3.05) is 19.8 Å². The van der Waals surface area contributed by atoms with E-state index in [2.05, 4.69) is 16.7 Å². The number of ether oxygens (including phenoxy) is 2. The predicted octanol–water partition coefficient (Wildman–Crippen LogP) is 4.51. The van der Waals surface area contributed by atoms with Gasteiger partial charge in [-0.25, -0.2) is 9.59 Å². The summed E-state index contributed by atoms with van der Waals surface area (Å²) in [6.07, 6.45) is 3.35. The summed E-state index contributed by atoms with van der Waals surface area (Å²) in [5, 5.41) is 4.31. The van der Waals surface area contributed by atoms with Gasteiger partial charge in [0.05, 0.1) is 13.2 Å². The van der Waals surface area contributed by atoms with E-state index in [1.165, 1.54) is 17.1 Å². The van der Waals surface area contributed by atoms with Crippen LogP contribution in [-0.2, 0) is 43.1 Å². The molecule has 3 N–H and O–H groups in total. The third-order valence-electron chi connectivity index (χ3n) is 10.0. The molecule has 1 saturated carbocycles. The van der Waals surface area contributed by atoms with Crippen LogP contribution in [0.25, 0.3) is 0 Å². The average molecular weight is 661 g/mol. The van der Waals surface area contributed by atoms with E-state index >= 15 is 0 Å². The number of fused-ring (bicyclic) bond motifs is 3. The second-order valence-electron chi connectivity index (χ2n) is 14.5. The Balaban J connectivity index is 1.42. The maximum absolute atomic E-state index is 14.2. The van der Waals surface area contributed by atoms with Gasteiger partial charge in [-0.15, -0.1) is 0 Å². The Labute approximate surface area is 271 Å². The van der Waals surface area contributed by atoms with Gasteiger partial charge in [-0.05, 0) is 53.7 Å². The van der Waals surface area contributed by atoms with Gasteiger partial charge in [0.2, 0.25) is 19.2 Å². The van der Waals surface area contributed by atoms with Gasteiger partial charge in [-0.1, -0.05) is 65.2 Å². The third kappa shape index (κ3) is 7.08. The Morgan fingerprint density at radius 2 is 1.85 bits per heavy atom. The molecule has 4 bridgehead atoms. The number of hydrogen-bond acceptors (Lipinski definition) is 7. The standard InChI is InChI=1S/C33H49N4O8P/c1-6-23-17-33(23,46(5,42)43)35-28(38)26-16-24-19-37(26)29(39)27(32(2,3)4)34-30(40)44-15-10-8-7-9-12-21-13-11-14-22-18-36(20-25(21)22)31(41)45-24/h11,13-14,23-24,26-27H,6-10,12,15-20H2,1-5H3,(H,34,40)(H,35,38)(H,42,43)/t23-,24-,26+,27-,33+/m1/s1. The minimum Gasteiger partial charge on any atom is -0.450 e. The molecule has 13 heteroatoms. The number of nitrogens with one attached hydrogen (secondary N) is 2. The highest BCUT2D eigenvalue weighted by Crippen LogP contribution is 2.68. The van der Waals surface area contributed by atoms with Gasteiger partial charge in [0.1, 0.15) is 23.5 Å². The Hall–Kier alpha value is -3.11. The quantitative estimate of drug-likeness (QED) is 0.399. The van der Waals surface area contributed by atoms with E-state index in [-0.39, 0.29) is 25.5 Å². The van der Waals surface area contributed by atoms with Crippen LogP contribution in [0.15, 0.2) is 18.2 Å². The fourth-order valence-corrected chi connectivity index (χ4v) is 8.95. The molecule has 254 valence electrons. The molecule has 0 spiro atoms. The normalized spacial score (nSPS) is 30.5. The van der Waals surface area contributed by atoms with Crippen molar-refractivity contribution < 1.29 is 38.1 Å². The minimum absolute atomic E-state index is 0.0168. The summed E-state index contributed by atoms with van der Waals surface area (Å²) in [4.78, 5) is 68.1. The first-order valence-electron chi connectivity index (χ1n) is 16.6. The fraction of sp³-hybridized carbons (Fsp3) is 0.697. The average Bonchev–Trinajstić information content (AvgIpc) is 3.30. The van der Waals surface area contributed by atoms with Gasteiger partial charge in [-0.3, -0.25) is 19.1 Å². The van der Waals surface area contributed by atoms with Crippen molar-refractivity contribution in [3.8, 4) is 0 Å². The monoisotopic (exact) mass is 660 g/mol. The highest BCUT2D eigenvalue weighted by molar-refractivity contribution is 7.59. The Morgan fingerprint density at radius 1 is 1.13 bits per heavy atom. The molecule has 1 aliphatic carbocycles. The van der Waals surface area contributed by atoms with Crippen LogP contribution < -0.4 is 10.6 Å². The van der Waals surface area contributed by atoms with Crippen LogP contribution in [-0.4, -0.2) is 82.0 Å². The van der Waals surface area contributed by atoms with Crippen molar-refractivity contribution in [3.63, 3.8) is 0 Å². The smallest absolute Gasteiger partial charge is 0.410 e. The van der Waals surface area contributed by atoms with E-state index in [9.17, 15) is 28.6 Å². The summed E-state index contributed by atoms with van der Waals surface area (Å²) < 4.78 is 24.3. The van der Waals surface area contributed by atoms with Crippen LogP contribution in [0, 0.1) is 11.3 Å². The zero-order chi connectivity index (χ0) is 33.4. The van der Waals surface area contributed by atoms with Crippen molar-refractivity contribution in [2.45, 2.75) is 116 Å². The molecule has 1 aromatic carbocycles. The number of hydrogen-bond donors (Lipinski definition) is 3. The first-order chi connectivity index (χ1) is 21.6. The van der Waals surface area contributed by atoms with Crippen molar-refractivity contribution in [1.82, 2.24) is 20.4 Å². The molecule has 4 aliphatic rings. The molecule has 1 unspecified atom stereocenters. The molecule has 3 aliphatic heterocycles. The number of carbonyl (C=O) groups excluding carboxylic acids is 4. The Kier molecular flexibility index (Phi) is 9.81. The number of alkyl carbamates (subject to hydrolysis) is 1. The lowest BCUT2D eigenvalue weighted by Crippen LogP contribution is -2.58. The summed E-state index contributed by atoms with van der Waals surface area (Å²) >= 11 is 0. The van der Waals surface area contributed by atoms with Crippen LogP contribution in [0.1, 0.15) is 89.3 Å². The molecule has 0 radical (unpaired) electrons. The number of benzene rings is 1. The predicted molar refractivity (Wildman–Crippen MR) is 171 cm³/mol. The summed E-state index contributed by atoms with van der Waals surface area (Å²) in [5.74, 6) is -1.25. The zero-order valence-corrected chi connectivity index (χ0v) is 28.6. The minimum atomic E-state index is -3.73. The highest BCUT2D eigenvalue weighted by Gasteiger charge is 2.64. The SMILES string of the molecule is CC[C@@H]1C[C@]1(NC(=O)[C@@H]1C[C@@H]2CN1C(=O)[C@H](C(C)(C)C)NC(=O)OCCCCCCc1cccc3c1CN(C3)C(=O)O2)P(C)(=O)O. The Morgan fingerprint density at radius 3 is 2.52 bits per heavy atom. The molecular weight excluding hydrogens is 611 g/mol. The van der Waals surface area contributed by atoms with Crippen LogP contribution >= 0.6 is 7.37 Å². The number of aryl methyl sites for hydroxylation is 1. The number of amides is 4.